The summed E-state index contributed by atoms with van der Waals surface area (Å²) in [5.41, 5.74) is 0.0198. The van der Waals surface area contributed by atoms with Crippen LogP contribution in [-0.2, 0) is 20.1 Å². The molecule has 2 aliphatic carbocycles. The molecule has 5 N–H and O–H groups in total. The summed E-state index contributed by atoms with van der Waals surface area (Å²) in [4.78, 5) is 36.7. The summed E-state index contributed by atoms with van der Waals surface area (Å²) < 4.78 is 4.98. The first kappa shape index (κ1) is 20.3. The predicted octanol–water partition coefficient (Wildman–Crippen LogP) is -0.299. The molecule has 30 heavy (non-hydrogen) atoms. The van der Waals surface area contributed by atoms with Crippen molar-refractivity contribution in [3.05, 3.63) is 46.5 Å². The fourth-order valence-electron chi connectivity index (χ4n) is 4.13. The van der Waals surface area contributed by atoms with E-state index in [-0.39, 0.29) is 38.8 Å². The summed E-state index contributed by atoms with van der Waals surface area (Å²) in [6.07, 6.45) is -1.07. The molecule has 4 rings (SSSR count). The lowest BCUT2D eigenvalue weighted by Gasteiger charge is -2.33. The smallest absolute Gasteiger partial charge is 0.258 e. The number of ketones is 3. The Morgan fingerprint density at radius 3 is 2.47 bits per heavy atom. The maximum absolute atomic E-state index is 12.6. The van der Waals surface area contributed by atoms with Gasteiger partial charge >= 0.3 is 0 Å². The number of aliphatic hydroxyl groups is 4. The van der Waals surface area contributed by atoms with E-state index in [4.69, 9.17) is 9.84 Å². The Bertz CT molecular complexity index is 1150. The number of phenolic OH excluding ortho intramolecular Hbond substituents is 1. The van der Waals surface area contributed by atoms with Crippen molar-refractivity contribution in [2.45, 2.75) is 18.0 Å². The summed E-state index contributed by atoms with van der Waals surface area (Å²) in [5.74, 6) is -6.67. The van der Waals surface area contributed by atoms with Gasteiger partial charge in [-0.25, -0.2) is 0 Å². The Labute approximate surface area is 169 Å². The predicted molar refractivity (Wildman–Crippen MR) is 101 cm³/mol. The van der Waals surface area contributed by atoms with Crippen LogP contribution < -0.4 is 0 Å². The molecular formula is C21H18O9. The molecule has 2 aliphatic rings. The second kappa shape index (κ2) is 6.79. The molecule has 0 amide bonds. The number of phenols is 1. The zero-order valence-electron chi connectivity index (χ0n) is 15.7. The second-order valence-corrected chi connectivity index (χ2v) is 7.30. The van der Waals surface area contributed by atoms with Gasteiger partial charge in [-0.05, 0) is 41.3 Å². The van der Waals surface area contributed by atoms with Gasteiger partial charge in [-0.1, -0.05) is 0 Å². The Kier molecular flexibility index (Phi) is 4.60. The second-order valence-electron chi connectivity index (χ2n) is 7.30. The highest BCUT2D eigenvalue weighted by molar-refractivity contribution is 6.10. The largest absolute Gasteiger partial charge is 0.507 e. The number of methoxy groups -OCH3 is 1. The van der Waals surface area contributed by atoms with E-state index in [0.29, 0.717) is 0 Å². The first-order valence-electron chi connectivity index (χ1n) is 9.03. The summed E-state index contributed by atoms with van der Waals surface area (Å²) in [7, 11) is 1.13. The number of carbonyl (C=O) groups excluding carboxylic acids is 3. The number of carbonyl (C=O) groups is 3. The lowest BCUT2D eigenvalue weighted by Crippen LogP contribution is -2.44. The fourth-order valence-corrected chi connectivity index (χ4v) is 4.13. The maximum Gasteiger partial charge on any atom is 0.258 e. The average molecular weight is 414 g/mol. The van der Waals surface area contributed by atoms with Gasteiger partial charge in [-0.2, -0.15) is 0 Å². The number of benzene rings is 2. The molecule has 0 fully saturated rings. The number of hydrogen-bond donors (Lipinski definition) is 5. The molecule has 9 heteroatoms. The molecule has 0 saturated carbocycles. The van der Waals surface area contributed by atoms with Crippen LogP contribution in [0.3, 0.4) is 0 Å². The highest BCUT2D eigenvalue weighted by Crippen LogP contribution is 2.44. The Morgan fingerprint density at radius 2 is 1.83 bits per heavy atom. The van der Waals surface area contributed by atoms with Crippen LogP contribution in [0.25, 0.3) is 16.8 Å². The number of rotatable bonds is 3. The molecule has 2 aromatic carbocycles. The number of aromatic hydroxyl groups is 1. The molecule has 0 heterocycles. The van der Waals surface area contributed by atoms with Crippen molar-refractivity contribution in [2.75, 3.05) is 13.7 Å². The van der Waals surface area contributed by atoms with Crippen LogP contribution in [0.1, 0.15) is 33.2 Å². The van der Waals surface area contributed by atoms with Gasteiger partial charge in [0.2, 0.25) is 5.78 Å². The molecule has 2 aromatic rings. The summed E-state index contributed by atoms with van der Waals surface area (Å²) in [5, 5.41) is 51.8. The van der Waals surface area contributed by atoms with Crippen LogP contribution >= 0.6 is 0 Å². The number of hydrogen-bond acceptors (Lipinski definition) is 9. The topological polar surface area (TPSA) is 162 Å². The van der Waals surface area contributed by atoms with E-state index in [1.54, 1.807) is 0 Å². The molecule has 4 atom stereocenters. The molecule has 0 aromatic heterocycles. The summed E-state index contributed by atoms with van der Waals surface area (Å²) in [6, 6.07) is 3.97. The van der Waals surface area contributed by atoms with Gasteiger partial charge in [0.25, 0.3) is 5.79 Å². The van der Waals surface area contributed by atoms with Gasteiger partial charge in [-0.15, -0.1) is 0 Å². The van der Waals surface area contributed by atoms with E-state index < -0.39 is 47.9 Å². The quantitative estimate of drug-likeness (QED) is 0.425. The van der Waals surface area contributed by atoms with Crippen LogP contribution in [0.2, 0.25) is 0 Å². The van der Waals surface area contributed by atoms with Gasteiger partial charge in [0.15, 0.2) is 11.6 Å². The summed E-state index contributed by atoms with van der Waals surface area (Å²) >= 11 is 0. The minimum absolute atomic E-state index is 0.0118. The van der Waals surface area contributed by atoms with Gasteiger partial charge in [0.1, 0.15) is 18.5 Å². The zero-order chi connectivity index (χ0) is 22.0. The van der Waals surface area contributed by atoms with Gasteiger partial charge in [-0.3, -0.25) is 14.4 Å². The van der Waals surface area contributed by atoms with E-state index in [1.165, 1.54) is 24.3 Å². The highest BCUT2D eigenvalue weighted by Gasteiger charge is 2.45. The number of fused-ring (bicyclic) bond motifs is 3. The molecule has 9 nitrogen and oxygen atoms in total. The molecule has 0 saturated heterocycles. The third kappa shape index (κ3) is 2.57. The van der Waals surface area contributed by atoms with Gasteiger partial charge < -0.3 is 30.3 Å². The van der Waals surface area contributed by atoms with Crippen molar-refractivity contribution in [3.63, 3.8) is 0 Å². The van der Waals surface area contributed by atoms with Crippen LogP contribution in [0.15, 0.2) is 24.3 Å². The van der Waals surface area contributed by atoms with Crippen molar-refractivity contribution >= 4 is 34.2 Å². The minimum Gasteiger partial charge on any atom is -0.507 e. The lowest BCUT2D eigenvalue weighted by atomic mass is 9.75. The summed E-state index contributed by atoms with van der Waals surface area (Å²) in [6.45, 7) is -0.956. The van der Waals surface area contributed by atoms with Crippen LogP contribution in [0.5, 0.6) is 5.75 Å². The zero-order valence-corrected chi connectivity index (χ0v) is 15.7. The minimum atomic E-state index is -2.33. The molecule has 0 aliphatic heterocycles. The molecule has 0 bridgehead atoms. The number of Topliss-reactive ketones (excluding diaryl/α,β-unsaturated/α-hetero) is 2. The van der Waals surface area contributed by atoms with Crippen molar-refractivity contribution < 1.29 is 44.7 Å². The van der Waals surface area contributed by atoms with Crippen LogP contribution in [-0.4, -0.2) is 62.7 Å². The van der Waals surface area contributed by atoms with Crippen molar-refractivity contribution in [1.82, 2.24) is 0 Å². The number of ether oxygens (including phenoxy) is 1. The number of aliphatic hydroxyl groups excluding tert-OH is 3. The Morgan fingerprint density at radius 1 is 1.13 bits per heavy atom. The SMILES string of the molecule is COC1(O)C(=O)C=Cc2c1cc1cc3c(cc1c2O)C(O)C(C(=O)CO)C(O)C3=O. The molecular weight excluding hydrogens is 396 g/mol. The fraction of sp³-hybridized carbons (Fsp3) is 0.286. The van der Waals surface area contributed by atoms with Crippen molar-refractivity contribution in [1.29, 1.82) is 0 Å². The first-order valence-corrected chi connectivity index (χ1v) is 9.03. The van der Waals surface area contributed by atoms with E-state index in [2.05, 4.69) is 0 Å². The van der Waals surface area contributed by atoms with Crippen molar-refractivity contribution in [3.8, 4) is 5.75 Å². The van der Waals surface area contributed by atoms with E-state index in [1.807, 2.05) is 0 Å². The van der Waals surface area contributed by atoms with Crippen LogP contribution in [0, 0.1) is 5.92 Å². The molecule has 156 valence electrons. The Hall–Kier alpha value is -2.95. The van der Waals surface area contributed by atoms with E-state index in [9.17, 15) is 34.8 Å². The van der Waals surface area contributed by atoms with Crippen molar-refractivity contribution in [2.24, 2.45) is 5.92 Å². The van der Waals surface area contributed by atoms with Crippen LogP contribution in [0.4, 0.5) is 0 Å². The Balaban J connectivity index is 2.00. The molecule has 4 unspecified atom stereocenters. The third-order valence-electron chi connectivity index (χ3n) is 5.78. The molecule has 0 radical (unpaired) electrons. The standard InChI is InChI=1S/C21H18O9/c1-30-21(29)13-5-8-4-11-12(6-10(8)17(25)9(13)2-3-15(21)24)18(26)16(14(23)7-22)20(28)19(11)27/h2-6,16,18,20,22,25-26,28-29H,7H2,1H3. The van der Waals surface area contributed by atoms with E-state index in [0.717, 1.165) is 13.2 Å². The highest BCUT2D eigenvalue weighted by atomic mass is 16.6. The third-order valence-corrected chi connectivity index (χ3v) is 5.78. The molecule has 0 spiro atoms. The van der Waals surface area contributed by atoms with Gasteiger partial charge in [0, 0.05) is 29.2 Å². The monoisotopic (exact) mass is 414 g/mol. The first-order chi connectivity index (χ1) is 14.2. The normalized spacial score (nSPS) is 27.8. The van der Waals surface area contributed by atoms with E-state index >= 15 is 0 Å². The maximum atomic E-state index is 12.6. The average Bonchev–Trinajstić information content (AvgIpc) is 2.74. The van der Waals surface area contributed by atoms with Gasteiger partial charge in [0.05, 0.1) is 12.0 Å². The lowest BCUT2D eigenvalue weighted by molar-refractivity contribution is -0.195.